The van der Waals surface area contributed by atoms with Gasteiger partial charge < -0.3 is 10.1 Å². The number of nitrogens with one attached hydrogen (secondary N) is 1. The third-order valence-corrected chi connectivity index (χ3v) is 7.26. The summed E-state index contributed by atoms with van der Waals surface area (Å²) in [6.45, 7) is 0. The molecule has 0 atom stereocenters. The van der Waals surface area contributed by atoms with Crippen LogP contribution in [-0.4, -0.2) is 22.9 Å². The van der Waals surface area contributed by atoms with E-state index in [-0.39, 0.29) is 23.8 Å². The van der Waals surface area contributed by atoms with Crippen molar-refractivity contribution < 1.29 is 14.3 Å². The standard InChI is InChI=1S/C25H28N2O3/c28-23(27-20-10-8-18(9-11-20)17-5-2-1-3-6-17)19-12-14-25(15-13-19)22-21(24(29)30-25)7-4-16-26-22/h1-7,16,18-20H,8-15H2,(H,27,28)/t18-,19?,20-,25?. The molecule has 1 aliphatic heterocycles. The Morgan fingerprint density at radius 1 is 0.967 bits per heavy atom. The van der Waals surface area contributed by atoms with E-state index in [4.69, 9.17) is 4.74 Å². The van der Waals surface area contributed by atoms with Gasteiger partial charge in [-0.3, -0.25) is 9.78 Å². The summed E-state index contributed by atoms with van der Waals surface area (Å²) in [6.07, 6.45) is 8.84. The van der Waals surface area contributed by atoms with Gasteiger partial charge in [-0.2, -0.15) is 0 Å². The highest BCUT2D eigenvalue weighted by atomic mass is 16.6. The Kier molecular flexibility index (Phi) is 5.05. The average Bonchev–Trinajstić information content (AvgIpc) is 3.07. The molecule has 3 aliphatic rings. The highest BCUT2D eigenvalue weighted by molar-refractivity contribution is 5.94. The minimum absolute atomic E-state index is 0.00561. The molecule has 5 heteroatoms. The number of hydrogen-bond acceptors (Lipinski definition) is 4. The number of carbonyl (C=O) groups excluding carboxylic acids is 2. The second-order valence-electron chi connectivity index (χ2n) is 9.03. The fourth-order valence-corrected chi connectivity index (χ4v) is 5.51. The van der Waals surface area contributed by atoms with Gasteiger partial charge in [-0.1, -0.05) is 30.3 Å². The van der Waals surface area contributed by atoms with Crippen LogP contribution in [0.15, 0.2) is 48.7 Å². The first-order valence-corrected chi connectivity index (χ1v) is 11.2. The van der Waals surface area contributed by atoms with Crippen LogP contribution < -0.4 is 5.32 Å². The first-order valence-electron chi connectivity index (χ1n) is 11.2. The fourth-order valence-electron chi connectivity index (χ4n) is 5.51. The van der Waals surface area contributed by atoms with Gasteiger partial charge in [0.25, 0.3) is 0 Å². The predicted molar refractivity (Wildman–Crippen MR) is 113 cm³/mol. The van der Waals surface area contributed by atoms with Crippen LogP contribution in [0.1, 0.15) is 78.9 Å². The molecule has 1 aromatic heterocycles. The van der Waals surface area contributed by atoms with E-state index in [0.29, 0.717) is 24.3 Å². The molecule has 156 valence electrons. The van der Waals surface area contributed by atoms with E-state index in [1.807, 2.05) is 0 Å². The maximum atomic E-state index is 12.9. The molecule has 0 unspecified atom stereocenters. The summed E-state index contributed by atoms with van der Waals surface area (Å²) < 4.78 is 5.76. The lowest BCUT2D eigenvalue weighted by Gasteiger charge is -2.36. The number of fused-ring (bicyclic) bond motifs is 2. The number of pyridine rings is 1. The molecule has 5 rings (SSSR count). The zero-order chi connectivity index (χ0) is 20.6. The topological polar surface area (TPSA) is 68.3 Å². The van der Waals surface area contributed by atoms with Crippen molar-refractivity contribution in [3.8, 4) is 0 Å². The molecule has 1 spiro atoms. The number of esters is 1. The van der Waals surface area contributed by atoms with Crippen molar-refractivity contribution in [1.29, 1.82) is 0 Å². The highest BCUT2D eigenvalue weighted by Crippen LogP contribution is 2.47. The summed E-state index contributed by atoms with van der Waals surface area (Å²) in [7, 11) is 0. The van der Waals surface area contributed by atoms with E-state index in [1.165, 1.54) is 5.56 Å². The van der Waals surface area contributed by atoms with Gasteiger partial charge >= 0.3 is 5.97 Å². The Labute approximate surface area is 177 Å². The number of aromatic nitrogens is 1. The average molecular weight is 405 g/mol. The molecular weight excluding hydrogens is 376 g/mol. The minimum Gasteiger partial charge on any atom is -0.449 e. The third-order valence-electron chi connectivity index (χ3n) is 7.26. The van der Waals surface area contributed by atoms with Gasteiger partial charge in [0.1, 0.15) is 0 Å². The maximum Gasteiger partial charge on any atom is 0.341 e. The lowest BCUT2D eigenvalue weighted by atomic mass is 9.76. The van der Waals surface area contributed by atoms with Crippen LogP contribution in [0.25, 0.3) is 0 Å². The zero-order valence-corrected chi connectivity index (χ0v) is 17.2. The third kappa shape index (κ3) is 3.51. The van der Waals surface area contributed by atoms with Crippen LogP contribution in [0.4, 0.5) is 0 Å². The second kappa shape index (κ2) is 7.86. The second-order valence-corrected chi connectivity index (χ2v) is 9.03. The Balaban J connectivity index is 1.15. The lowest BCUT2D eigenvalue weighted by molar-refractivity contribution is -0.129. The predicted octanol–water partition coefficient (Wildman–Crippen LogP) is 4.48. The summed E-state index contributed by atoms with van der Waals surface area (Å²) in [5, 5.41) is 3.31. The summed E-state index contributed by atoms with van der Waals surface area (Å²) in [5.41, 5.74) is 2.13. The van der Waals surface area contributed by atoms with Crippen LogP contribution >= 0.6 is 0 Å². The molecule has 1 N–H and O–H groups in total. The number of rotatable bonds is 3. The molecule has 2 aromatic rings. The highest BCUT2D eigenvalue weighted by Gasteiger charge is 2.49. The normalized spacial score (nSPS) is 30.5. The van der Waals surface area contributed by atoms with Gasteiger partial charge in [0, 0.05) is 18.2 Å². The van der Waals surface area contributed by atoms with Crippen molar-refractivity contribution in [1.82, 2.24) is 10.3 Å². The van der Waals surface area contributed by atoms with Crippen molar-refractivity contribution >= 4 is 11.9 Å². The van der Waals surface area contributed by atoms with Gasteiger partial charge in [-0.05, 0) is 75.0 Å². The number of benzene rings is 1. The van der Waals surface area contributed by atoms with Gasteiger partial charge in [0.05, 0.1) is 11.3 Å². The SMILES string of the molecule is O=C1OC2(CCC(C(=O)N[C@H]3CC[C@H](c4ccccc4)CC3)CC2)c2ncccc21. The minimum atomic E-state index is -0.627. The van der Waals surface area contributed by atoms with Crippen molar-refractivity contribution in [3.63, 3.8) is 0 Å². The largest absolute Gasteiger partial charge is 0.449 e. The van der Waals surface area contributed by atoms with Crippen molar-refractivity contribution in [2.45, 2.75) is 68.9 Å². The van der Waals surface area contributed by atoms with E-state index in [0.717, 1.165) is 44.2 Å². The molecule has 2 saturated carbocycles. The van der Waals surface area contributed by atoms with E-state index < -0.39 is 5.60 Å². The molecule has 30 heavy (non-hydrogen) atoms. The molecule has 5 nitrogen and oxygen atoms in total. The first kappa shape index (κ1) is 19.3. The van der Waals surface area contributed by atoms with E-state index in [9.17, 15) is 9.59 Å². The van der Waals surface area contributed by atoms with Crippen molar-refractivity contribution in [2.75, 3.05) is 0 Å². The number of ether oxygens (including phenoxy) is 1. The fraction of sp³-hybridized carbons (Fsp3) is 0.480. The molecule has 0 bridgehead atoms. The summed E-state index contributed by atoms with van der Waals surface area (Å²) in [6, 6.07) is 14.5. The Bertz CT molecular complexity index is 926. The quantitative estimate of drug-likeness (QED) is 0.766. The number of amides is 1. The molecule has 0 saturated heterocycles. The summed E-state index contributed by atoms with van der Waals surface area (Å²) in [5.74, 6) is 0.488. The Morgan fingerprint density at radius 3 is 2.43 bits per heavy atom. The summed E-state index contributed by atoms with van der Waals surface area (Å²) >= 11 is 0. The maximum absolute atomic E-state index is 12.9. The van der Waals surface area contributed by atoms with Crippen LogP contribution in [0.5, 0.6) is 0 Å². The van der Waals surface area contributed by atoms with Crippen LogP contribution in [0, 0.1) is 5.92 Å². The molecular formula is C25H28N2O3. The van der Waals surface area contributed by atoms with E-state index >= 15 is 0 Å². The lowest BCUT2D eigenvalue weighted by Crippen LogP contribution is -2.43. The number of hydrogen-bond donors (Lipinski definition) is 1. The van der Waals surface area contributed by atoms with E-state index in [2.05, 4.69) is 40.6 Å². The monoisotopic (exact) mass is 404 g/mol. The zero-order valence-electron chi connectivity index (χ0n) is 17.2. The first-order chi connectivity index (χ1) is 14.6. The summed E-state index contributed by atoms with van der Waals surface area (Å²) in [4.78, 5) is 29.5. The molecule has 2 fully saturated rings. The van der Waals surface area contributed by atoms with Crippen LogP contribution in [0.3, 0.4) is 0 Å². The van der Waals surface area contributed by atoms with Gasteiger partial charge in [0.2, 0.25) is 5.91 Å². The molecule has 0 radical (unpaired) electrons. The molecule has 1 amide bonds. The molecule has 2 aliphatic carbocycles. The number of nitrogens with zero attached hydrogens (tertiary/aromatic N) is 1. The van der Waals surface area contributed by atoms with Crippen LogP contribution in [-0.2, 0) is 15.1 Å². The Hall–Kier alpha value is -2.69. The van der Waals surface area contributed by atoms with Gasteiger partial charge in [-0.15, -0.1) is 0 Å². The van der Waals surface area contributed by atoms with Gasteiger partial charge in [-0.25, -0.2) is 4.79 Å². The van der Waals surface area contributed by atoms with Crippen molar-refractivity contribution in [2.24, 2.45) is 5.92 Å². The number of carbonyl (C=O) groups is 2. The molecule has 1 aromatic carbocycles. The van der Waals surface area contributed by atoms with Crippen molar-refractivity contribution in [3.05, 3.63) is 65.5 Å². The molecule has 2 heterocycles. The smallest absolute Gasteiger partial charge is 0.341 e. The van der Waals surface area contributed by atoms with E-state index in [1.54, 1.807) is 18.3 Å². The Morgan fingerprint density at radius 2 is 1.70 bits per heavy atom. The van der Waals surface area contributed by atoms with Crippen LogP contribution in [0.2, 0.25) is 0 Å². The van der Waals surface area contributed by atoms with Gasteiger partial charge in [0.15, 0.2) is 5.60 Å².